The molecule has 1 heterocycles. The number of nitrogens with one attached hydrogen (secondary N) is 1. The highest BCUT2D eigenvalue weighted by molar-refractivity contribution is 7.71. The van der Waals surface area contributed by atoms with E-state index < -0.39 is 46.3 Å². The molecule has 5 nitrogen and oxygen atoms in total. The largest absolute Gasteiger partial charge is 0.478 e. The van der Waals surface area contributed by atoms with Crippen molar-refractivity contribution in [1.82, 2.24) is 10.1 Å². The van der Waals surface area contributed by atoms with Crippen LogP contribution in [0.1, 0.15) is 10.4 Å². The van der Waals surface area contributed by atoms with E-state index in [-0.39, 0.29) is 4.77 Å². The number of aromatic carboxylic acids is 1. The molecule has 1 aromatic carbocycles. The number of benzene rings is 1. The monoisotopic (exact) mass is 294 g/mol. The van der Waals surface area contributed by atoms with Crippen molar-refractivity contribution < 1.29 is 32.0 Å². The van der Waals surface area contributed by atoms with E-state index in [0.717, 1.165) is 0 Å². The van der Waals surface area contributed by atoms with Crippen LogP contribution >= 0.6 is 12.2 Å². The summed E-state index contributed by atoms with van der Waals surface area (Å²) in [5.41, 5.74) is -2.61. The molecule has 0 aliphatic rings. The van der Waals surface area contributed by atoms with Gasteiger partial charge in [0.25, 0.3) is 5.89 Å². The van der Waals surface area contributed by atoms with E-state index in [1.807, 2.05) is 5.16 Å². The van der Waals surface area contributed by atoms with Gasteiger partial charge in [0.2, 0.25) is 4.77 Å². The van der Waals surface area contributed by atoms with E-state index in [9.17, 15) is 22.4 Å². The Morgan fingerprint density at radius 3 is 2.21 bits per heavy atom. The predicted molar refractivity (Wildman–Crippen MR) is 53.9 cm³/mol. The molecule has 0 amide bonds. The van der Waals surface area contributed by atoms with Gasteiger partial charge < -0.3 is 9.63 Å². The molecule has 0 saturated carbocycles. The topological polar surface area (TPSA) is 79.1 Å². The second-order valence-corrected chi connectivity index (χ2v) is 3.62. The Morgan fingerprint density at radius 2 is 1.74 bits per heavy atom. The zero-order valence-electron chi connectivity index (χ0n) is 8.63. The summed E-state index contributed by atoms with van der Waals surface area (Å²) < 4.78 is 57.2. The van der Waals surface area contributed by atoms with Gasteiger partial charge in [-0.1, -0.05) is 0 Å². The fourth-order valence-corrected chi connectivity index (χ4v) is 1.49. The lowest BCUT2D eigenvalue weighted by atomic mass is 10.1. The van der Waals surface area contributed by atoms with E-state index in [1.54, 1.807) is 0 Å². The van der Waals surface area contributed by atoms with Crippen molar-refractivity contribution in [2.24, 2.45) is 0 Å². The summed E-state index contributed by atoms with van der Waals surface area (Å²) >= 11 is 4.48. The first-order valence-corrected chi connectivity index (χ1v) is 4.90. The fraction of sp³-hybridized carbons (Fsp3) is 0. The highest BCUT2D eigenvalue weighted by Gasteiger charge is 2.32. The van der Waals surface area contributed by atoms with Crippen LogP contribution in [-0.4, -0.2) is 21.2 Å². The summed E-state index contributed by atoms with van der Waals surface area (Å²) in [6, 6.07) is 0. The molecule has 0 saturated heterocycles. The summed E-state index contributed by atoms with van der Waals surface area (Å²) in [6.45, 7) is 0. The number of rotatable bonds is 2. The van der Waals surface area contributed by atoms with Crippen molar-refractivity contribution in [3.8, 4) is 11.5 Å². The third-order valence-electron chi connectivity index (χ3n) is 2.13. The summed E-state index contributed by atoms with van der Waals surface area (Å²) in [6.07, 6.45) is 0. The molecule has 10 heteroatoms. The molecule has 2 rings (SSSR count). The lowest BCUT2D eigenvalue weighted by molar-refractivity contribution is 0.0690. The van der Waals surface area contributed by atoms with Crippen LogP contribution in [0.4, 0.5) is 17.6 Å². The van der Waals surface area contributed by atoms with Crippen LogP contribution in [0.25, 0.3) is 11.5 Å². The average molecular weight is 294 g/mol. The Kier molecular flexibility index (Phi) is 3.10. The highest BCUT2D eigenvalue weighted by atomic mass is 32.1. The number of carboxylic acid groups (broad SMARTS) is 1. The molecule has 1 aromatic heterocycles. The van der Waals surface area contributed by atoms with Gasteiger partial charge >= 0.3 is 5.97 Å². The smallest absolute Gasteiger partial charge is 0.339 e. The minimum absolute atomic E-state index is 0.309. The molecule has 0 aliphatic heterocycles. The van der Waals surface area contributed by atoms with E-state index in [0.29, 0.717) is 0 Å². The van der Waals surface area contributed by atoms with Gasteiger partial charge in [-0.15, -0.1) is 0 Å². The van der Waals surface area contributed by atoms with Crippen molar-refractivity contribution in [1.29, 1.82) is 0 Å². The zero-order chi connectivity index (χ0) is 14.3. The molecule has 0 fully saturated rings. The van der Waals surface area contributed by atoms with Crippen LogP contribution in [0, 0.1) is 28.0 Å². The van der Waals surface area contributed by atoms with Crippen molar-refractivity contribution in [3.05, 3.63) is 33.6 Å². The average Bonchev–Trinajstić information content (AvgIpc) is 2.76. The molecule has 0 atom stereocenters. The lowest BCUT2D eigenvalue weighted by Crippen LogP contribution is -2.11. The molecule has 0 aliphatic carbocycles. The third kappa shape index (κ3) is 1.99. The Hall–Kier alpha value is -2.23. The van der Waals surface area contributed by atoms with Crippen LogP contribution in [0.3, 0.4) is 0 Å². The van der Waals surface area contributed by atoms with Crippen LogP contribution < -0.4 is 0 Å². The first-order valence-electron chi connectivity index (χ1n) is 4.49. The van der Waals surface area contributed by atoms with Crippen LogP contribution in [-0.2, 0) is 0 Å². The second-order valence-electron chi connectivity index (χ2n) is 3.24. The Morgan fingerprint density at radius 1 is 1.16 bits per heavy atom. The Balaban J connectivity index is 2.93. The predicted octanol–water partition coefficient (Wildman–Crippen LogP) is 2.65. The van der Waals surface area contributed by atoms with Gasteiger partial charge in [-0.3, -0.25) is 0 Å². The van der Waals surface area contributed by atoms with E-state index >= 15 is 0 Å². The summed E-state index contributed by atoms with van der Waals surface area (Å²) in [4.78, 5) is 14.2. The number of H-pyrrole nitrogens is 1. The molecule has 0 radical (unpaired) electrons. The maximum Gasteiger partial charge on any atom is 0.339 e. The second kappa shape index (κ2) is 4.46. The molecule has 2 aromatic rings. The standard InChI is InChI=1S/C9H2F4N2O3S/c10-3-1(7-14-9(19)15-18-7)2(8(16)17)4(11)6(13)5(3)12/h(H,15,19)(H,16,17). The molecule has 100 valence electrons. The van der Waals surface area contributed by atoms with Gasteiger partial charge in [0, 0.05) is 0 Å². The highest BCUT2D eigenvalue weighted by Crippen LogP contribution is 2.31. The van der Waals surface area contributed by atoms with Crippen LogP contribution in [0.5, 0.6) is 0 Å². The zero-order valence-corrected chi connectivity index (χ0v) is 9.45. The minimum atomic E-state index is -2.24. The summed E-state index contributed by atoms with van der Waals surface area (Å²) in [7, 11) is 0. The summed E-state index contributed by atoms with van der Waals surface area (Å²) in [5.74, 6) is -11.3. The molecule has 0 spiro atoms. The Bertz CT molecular complexity index is 740. The number of aromatic nitrogens is 2. The first kappa shape index (κ1) is 13.2. The number of aromatic amines is 1. The molecule has 19 heavy (non-hydrogen) atoms. The molecule has 2 N–H and O–H groups in total. The van der Waals surface area contributed by atoms with Gasteiger partial charge in [0.15, 0.2) is 23.3 Å². The van der Waals surface area contributed by atoms with Crippen molar-refractivity contribution in [3.63, 3.8) is 0 Å². The van der Waals surface area contributed by atoms with Gasteiger partial charge in [-0.25, -0.2) is 22.4 Å². The normalized spacial score (nSPS) is 10.7. The number of hydrogen-bond acceptors (Lipinski definition) is 4. The SMILES string of the molecule is O=C(O)c1c(F)c(F)c(F)c(F)c1-c1nc(=S)[nH]o1. The molecular formula is C9H2F4N2O3S. The maximum atomic E-state index is 13.6. The number of carboxylic acids is 1. The first-order chi connectivity index (χ1) is 8.84. The van der Waals surface area contributed by atoms with E-state index in [1.165, 1.54) is 0 Å². The molecular weight excluding hydrogens is 292 g/mol. The third-order valence-corrected chi connectivity index (χ3v) is 2.31. The molecule has 0 bridgehead atoms. The van der Waals surface area contributed by atoms with Crippen molar-refractivity contribution >= 4 is 18.2 Å². The number of carbonyl (C=O) groups is 1. The minimum Gasteiger partial charge on any atom is -0.478 e. The van der Waals surface area contributed by atoms with Crippen LogP contribution in [0.2, 0.25) is 0 Å². The number of hydrogen-bond donors (Lipinski definition) is 2. The lowest BCUT2D eigenvalue weighted by Gasteiger charge is -2.07. The molecule has 0 unspecified atom stereocenters. The Labute approximate surface area is 106 Å². The fourth-order valence-electron chi connectivity index (χ4n) is 1.37. The summed E-state index contributed by atoms with van der Waals surface area (Å²) in [5, 5.41) is 10.7. The van der Waals surface area contributed by atoms with E-state index in [2.05, 4.69) is 21.7 Å². The number of nitrogens with zero attached hydrogens (tertiary/aromatic N) is 1. The number of halogens is 4. The van der Waals surface area contributed by atoms with Gasteiger partial charge in [0.1, 0.15) is 5.56 Å². The van der Waals surface area contributed by atoms with Crippen LogP contribution in [0.15, 0.2) is 4.52 Å². The van der Waals surface area contributed by atoms with Gasteiger partial charge in [-0.2, -0.15) is 10.1 Å². The van der Waals surface area contributed by atoms with Crippen molar-refractivity contribution in [2.45, 2.75) is 0 Å². The van der Waals surface area contributed by atoms with Crippen molar-refractivity contribution in [2.75, 3.05) is 0 Å². The van der Waals surface area contributed by atoms with Gasteiger partial charge in [-0.05, 0) is 12.2 Å². The quantitative estimate of drug-likeness (QED) is 0.385. The van der Waals surface area contributed by atoms with E-state index in [4.69, 9.17) is 5.11 Å². The maximum absolute atomic E-state index is 13.6. The van der Waals surface area contributed by atoms with Gasteiger partial charge in [0.05, 0.1) is 5.56 Å².